The summed E-state index contributed by atoms with van der Waals surface area (Å²) < 4.78 is 23.5. The molecule has 2 aliphatic heterocycles. The van der Waals surface area contributed by atoms with Crippen LogP contribution in [0.4, 0.5) is 4.79 Å². The Hall–Kier alpha value is -4.09. The normalized spacial score (nSPS) is 17.8. The fraction of sp³-hybridized carbons (Fsp3) is 0.333. The fourth-order valence-corrected chi connectivity index (χ4v) is 6.03. The van der Waals surface area contributed by atoms with Gasteiger partial charge in [-0.05, 0) is 54.7 Å². The molecule has 0 bridgehead atoms. The predicted molar refractivity (Wildman–Crippen MR) is 153 cm³/mol. The van der Waals surface area contributed by atoms with Gasteiger partial charge in [0.25, 0.3) is 11.8 Å². The first-order valence-electron chi connectivity index (χ1n) is 13.6. The maximum absolute atomic E-state index is 13.4. The molecular formula is C30H33N5O5S. The van der Waals surface area contributed by atoms with Crippen LogP contribution < -0.4 is 10.6 Å². The highest BCUT2D eigenvalue weighted by molar-refractivity contribution is 7.90. The Morgan fingerprint density at radius 2 is 1.73 bits per heavy atom. The largest absolute Gasteiger partial charge is 0.345 e. The van der Waals surface area contributed by atoms with Gasteiger partial charge in [-0.3, -0.25) is 19.5 Å². The second kappa shape index (κ2) is 11.8. The molecule has 5 rings (SSSR count). The fourth-order valence-electron chi connectivity index (χ4n) is 5.40. The van der Waals surface area contributed by atoms with Crippen LogP contribution in [0.1, 0.15) is 46.8 Å². The Bertz CT molecular complexity index is 1510. The summed E-state index contributed by atoms with van der Waals surface area (Å²) >= 11 is 0. The molecule has 0 saturated carbocycles. The van der Waals surface area contributed by atoms with Crippen molar-refractivity contribution in [2.75, 3.05) is 25.9 Å². The van der Waals surface area contributed by atoms with E-state index in [-0.39, 0.29) is 29.3 Å². The number of sulfone groups is 1. The van der Waals surface area contributed by atoms with Crippen molar-refractivity contribution in [2.24, 2.45) is 0 Å². The van der Waals surface area contributed by atoms with Gasteiger partial charge in [0.15, 0.2) is 9.84 Å². The molecule has 1 aromatic heterocycles. The van der Waals surface area contributed by atoms with Gasteiger partial charge >= 0.3 is 6.03 Å². The van der Waals surface area contributed by atoms with Crippen LogP contribution in [0.5, 0.6) is 0 Å². The van der Waals surface area contributed by atoms with E-state index in [2.05, 4.69) is 20.5 Å². The number of nitrogens with one attached hydrogen (secondary N) is 2. The van der Waals surface area contributed by atoms with Gasteiger partial charge in [-0.2, -0.15) is 0 Å². The highest BCUT2D eigenvalue weighted by Crippen LogP contribution is 2.31. The minimum absolute atomic E-state index is 0.0789. The van der Waals surface area contributed by atoms with Gasteiger partial charge in [0.05, 0.1) is 23.0 Å². The number of rotatable bonds is 9. The first-order chi connectivity index (χ1) is 19.6. The topological polar surface area (TPSA) is 129 Å². The average molecular weight is 576 g/mol. The molecule has 3 heterocycles. The number of urea groups is 1. The van der Waals surface area contributed by atoms with E-state index in [1.165, 1.54) is 17.0 Å². The van der Waals surface area contributed by atoms with Crippen molar-refractivity contribution in [1.29, 1.82) is 0 Å². The summed E-state index contributed by atoms with van der Waals surface area (Å²) in [5.41, 5.74) is 1.25. The zero-order valence-corrected chi connectivity index (χ0v) is 23.6. The van der Waals surface area contributed by atoms with Crippen molar-refractivity contribution in [2.45, 2.75) is 42.3 Å². The first-order valence-corrected chi connectivity index (χ1v) is 15.5. The van der Waals surface area contributed by atoms with Gasteiger partial charge in [0, 0.05) is 38.3 Å². The van der Waals surface area contributed by atoms with E-state index in [0.717, 1.165) is 11.8 Å². The molecular weight excluding hydrogens is 542 g/mol. The summed E-state index contributed by atoms with van der Waals surface area (Å²) in [6.45, 7) is 2.04. The molecule has 214 valence electrons. The van der Waals surface area contributed by atoms with Crippen LogP contribution in [-0.4, -0.2) is 72.5 Å². The number of nitrogens with zero attached hydrogens (tertiary/aromatic N) is 3. The predicted octanol–water partition coefficient (Wildman–Crippen LogP) is 2.93. The number of hydrogen-bond acceptors (Lipinski definition) is 7. The molecule has 0 aliphatic carbocycles. The molecule has 2 aliphatic rings. The smallest absolute Gasteiger partial charge is 0.325 e. The number of carbonyl (C=O) groups is 3. The van der Waals surface area contributed by atoms with Gasteiger partial charge < -0.3 is 15.5 Å². The lowest BCUT2D eigenvalue weighted by molar-refractivity contribution is -0.133. The third kappa shape index (κ3) is 6.47. The zero-order valence-electron chi connectivity index (χ0n) is 22.8. The minimum atomic E-state index is -3.33. The van der Waals surface area contributed by atoms with Crippen LogP contribution >= 0.6 is 0 Å². The highest BCUT2D eigenvalue weighted by atomic mass is 32.2. The number of aromatic nitrogens is 1. The van der Waals surface area contributed by atoms with E-state index in [1.54, 1.807) is 36.7 Å². The number of imide groups is 1. The molecule has 3 aromatic rings. The summed E-state index contributed by atoms with van der Waals surface area (Å²) in [5, 5.41) is 6.07. The molecule has 2 aromatic carbocycles. The number of hydrogen-bond donors (Lipinski definition) is 2. The summed E-state index contributed by atoms with van der Waals surface area (Å²) in [4.78, 5) is 46.8. The molecule has 2 fully saturated rings. The van der Waals surface area contributed by atoms with Crippen molar-refractivity contribution >= 4 is 27.7 Å². The van der Waals surface area contributed by atoms with Crippen LogP contribution in [0.25, 0.3) is 0 Å². The minimum Gasteiger partial charge on any atom is -0.345 e. The van der Waals surface area contributed by atoms with E-state index in [1.807, 2.05) is 30.3 Å². The van der Waals surface area contributed by atoms with Crippen LogP contribution in [0.3, 0.4) is 0 Å². The lowest BCUT2D eigenvalue weighted by Gasteiger charge is -2.37. The van der Waals surface area contributed by atoms with Crippen molar-refractivity contribution in [3.05, 3.63) is 95.8 Å². The second-order valence-electron chi connectivity index (χ2n) is 10.6. The van der Waals surface area contributed by atoms with E-state index in [9.17, 15) is 22.8 Å². The maximum atomic E-state index is 13.4. The molecule has 11 heteroatoms. The quantitative estimate of drug-likeness (QED) is 0.376. The number of benzene rings is 2. The summed E-state index contributed by atoms with van der Waals surface area (Å²) in [6, 6.07) is 18.9. The van der Waals surface area contributed by atoms with E-state index >= 15 is 0 Å². The molecule has 0 unspecified atom stereocenters. The van der Waals surface area contributed by atoms with Gasteiger partial charge in [0.2, 0.25) is 0 Å². The lowest BCUT2D eigenvalue weighted by atomic mass is 9.87. The molecule has 4 amide bonds. The van der Waals surface area contributed by atoms with Crippen molar-refractivity contribution in [3.63, 3.8) is 0 Å². The standard InChI is InChI=1S/C30H33N5O5S/c1-41(39,40)25-11-9-22(10-12-25)21-35-28(37)30(33-29(35)38)14-18-34(19-15-30)17-13-26(23-6-3-2-4-7-23)32-27(36)24-8-5-16-31-20-24/h2-12,16,20,26H,13-15,17-19,21H2,1H3,(H,32,36)(H,33,38)/t26-/m0/s1. The van der Waals surface area contributed by atoms with E-state index < -0.39 is 21.4 Å². The Morgan fingerprint density at radius 3 is 2.37 bits per heavy atom. The third-order valence-corrected chi connectivity index (χ3v) is 8.94. The zero-order chi connectivity index (χ0) is 29.0. The van der Waals surface area contributed by atoms with Gasteiger partial charge in [-0.1, -0.05) is 42.5 Å². The molecule has 41 heavy (non-hydrogen) atoms. The van der Waals surface area contributed by atoms with Gasteiger partial charge in [0.1, 0.15) is 5.54 Å². The number of carbonyl (C=O) groups excluding carboxylic acids is 3. The van der Waals surface area contributed by atoms with Gasteiger partial charge in [-0.25, -0.2) is 13.2 Å². The Morgan fingerprint density at radius 1 is 1.02 bits per heavy atom. The second-order valence-corrected chi connectivity index (χ2v) is 12.6. The average Bonchev–Trinajstić information content (AvgIpc) is 3.20. The van der Waals surface area contributed by atoms with Crippen LogP contribution in [0.2, 0.25) is 0 Å². The molecule has 0 radical (unpaired) electrons. The Labute approximate surface area is 239 Å². The van der Waals surface area contributed by atoms with E-state index in [0.29, 0.717) is 50.0 Å². The highest BCUT2D eigenvalue weighted by Gasteiger charge is 2.52. The van der Waals surface area contributed by atoms with Crippen molar-refractivity contribution in [3.8, 4) is 0 Å². The summed E-state index contributed by atoms with van der Waals surface area (Å²) in [6.07, 6.45) is 5.96. The lowest BCUT2D eigenvalue weighted by Crippen LogP contribution is -2.55. The van der Waals surface area contributed by atoms with Crippen molar-refractivity contribution < 1.29 is 22.8 Å². The first kappa shape index (κ1) is 28.4. The molecule has 1 spiro atoms. The van der Waals surface area contributed by atoms with Gasteiger partial charge in [-0.15, -0.1) is 0 Å². The van der Waals surface area contributed by atoms with Crippen LogP contribution in [0.15, 0.2) is 84.0 Å². The maximum Gasteiger partial charge on any atom is 0.325 e. The molecule has 10 nitrogen and oxygen atoms in total. The number of piperidine rings is 1. The summed E-state index contributed by atoms with van der Waals surface area (Å²) in [5.74, 6) is -0.435. The molecule has 2 saturated heterocycles. The number of likely N-dealkylation sites (tertiary alicyclic amines) is 1. The molecule has 1 atom stereocenters. The monoisotopic (exact) mass is 575 g/mol. The summed E-state index contributed by atoms with van der Waals surface area (Å²) in [7, 11) is -3.33. The molecule has 2 N–H and O–H groups in total. The Balaban J connectivity index is 1.18. The van der Waals surface area contributed by atoms with Crippen LogP contribution in [-0.2, 0) is 21.2 Å². The number of pyridine rings is 1. The Kier molecular flexibility index (Phi) is 8.18. The van der Waals surface area contributed by atoms with Crippen molar-refractivity contribution in [1.82, 2.24) is 25.4 Å². The third-order valence-electron chi connectivity index (χ3n) is 7.81. The van der Waals surface area contributed by atoms with Crippen LogP contribution in [0, 0.1) is 0 Å². The van der Waals surface area contributed by atoms with E-state index in [4.69, 9.17) is 0 Å². The SMILES string of the molecule is CS(=O)(=O)c1ccc(CN2C(=O)NC3(CCN(CC[C@H](NC(=O)c4cccnc4)c4ccccc4)CC3)C2=O)cc1. The number of amides is 4.